The minimum absolute atomic E-state index is 0.226. The van der Waals surface area contributed by atoms with E-state index in [-0.39, 0.29) is 11.4 Å². The van der Waals surface area contributed by atoms with Crippen molar-refractivity contribution in [2.75, 3.05) is 19.6 Å². The number of carbonyl (C=O) groups is 1. The highest BCUT2D eigenvalue weighted by Crippen LogP contribution is 2.40. The SMILES string of the molecule is CCN1CCCC2(CC1)CC(=O)c1ccc(Br)cc1O2. The molecule has 2 aliphatic heterocycles. The number of halogens is 1. The Bertz CT molecular complexity index is 531. The van der Waals surface area contributed by atoms with Crippen LogP contribution in [0, 0.1) is 0 Å². The molecule has 1 aromatic carbocycles. The number of hydrogen-bond acceptors (Lipinski definition) is 3. The molecule has 0 saturated carbocycles. The van der Waals surface area contributed by atoms with Crippen molar-refractivity contribution in [2.24, 2.45) is 0 Å². The van der Waals surface area contributed by atoms with Gasteiger partial charge in [0.05, 0.1) is 12.0 Å². The fourth-order valence-corrected chi connectivity index (χ4v) is 3.63. The van der Waals surface area contributed by atoms with Crippen LogP contribution >= 0.6 is 15.9 Å². The summed E-state index contributed by atoms with van der Waals surface area (Å²) in [6, 6.07) is 5.70. The highest BCUT2D eigenvalue weighted by atomic mass is 79.9. The zero-order valence-electron chi connectivity index (χ0n) is 11.8. The highest BCUT2D eigenvalue weighted by Gasteiger charge is 2.41. The molecule has 1 atom stereocenters. The summed E-state index contributed by atoms with van der Waals surface area (Å²) in [5, 5.41) is 0. The van der Waals surface area contributed by atoms with Gasteiger partial charge in [0, 0.05) is 17.4 Å². The minimum Gasteiger partial charge on any atom is -0.486 e. The molecule has 2 heterocycles. The van der Waals surface area contributed by atoms with E-state index in [1.165, 1.54) is 0 Å². The Hall–Kier alpha value is -0.870. The van der Waals surface area contributed by atoms with E-state index in [2.05, 4.69) is 27.8 Å². The molecule has 0 aromatic heterocycles. The molecule has 1 fully saturated rings. The van der Waals surface area contributed by atoms with E-state index in [4.69, 9.17) is 4.74 Å². The monoisotopic (exact) mass is 337 g/mol. The first-order chi connectivity index (χ1) is 9.62. The molecule has 3 rings (SSSR count). The highest BCUT2D eigenvalue weighted by molar-refractivity contribution is 9.10. The standard InChI is InChI=1S/C16H20BrNO2/c1-2-18-8-3-6-16(7-9-18)11-14(19)13-5-4-12(17)10-15(13)20-16/h4-5,10H,2-3,6-9,11H2,1H3. The lowest BCUT2D eigenvalue weighted by Crippen LogP contribution is -2.42. The van der Waals surface area contributed by atoms with Crippen LogP contribution < -0.4 is 4.74 Å². The summed E-state index contributed by atoms with van der Waals surface area (Å²) < 4.78 is 7.27. The largest absolute Gasteiger partial charge is 0.486 e. The van der Waals surface area contributed by atoms with Gasteiger partial charge in [-0.2, -0.15) is 0 Å². The van der Waals surface area contributed by atoms with Crippen LogP contribution in [-0.4, -0.2) is 35.9 Å². The summed E-state index contributed by atoms with van der Waals surface area (Å²) in [6.45, 7) is 5.40. The van der Waals surface area contributed by atoms with Crippen LogP contribution in [0.1, 0.15) is 43.0 Å². The Balaban J connectivity index is 1.88. The van der Waals surface area contributed by atoms with Crippen LogP contribution in [0.5, 0.6) is 5.75 Å². The lowest BCUT2D eigenvalue weighted by molar-refractivity contribution is 0.0301. The lowest BCUT2D eigenvalue weighted by atomic mass is 9.84. The molecule has 0 radical (unpaired) electrons. The van der Waals surface area contributed by atoms with Crippen LogP contribution in [0.25, 0.3) is 0 Å². The van der Waals surface area contributed by atoms with Crippen molar-refractivity contribution < 1.29 is 9.53 Å². The molecule has 0 aliphatic carbocycles. The van der Waals surface area contributed by atoms with Gasteiger partial charge in [-0.15, -0.1) is 0 Å². The Morgan fingerprint density at radius 3 is 3.00 bits per heavy atom. The summed E-state index contributed by atoms with van der Waals surface area (Å²) in [4.78, 5) is 14.9. The van der Waals surface area contributed by atoms with Crippen molar-refractivity contribution in [3.05, 3.63) is 28.2 Å². The molecule has 1 unspecified atom stereocenters. The van der Waals surface area contributed by atoms with Gasteiger partial charge in [-0.05, 0) is 44.1 Å². The number of ether oxygens (including phenoxy) is 1. The Kier molecular flexibility index (Phi) is 3.87. The smallest absolute Gasteiger partial charge is 0.170 e. The van der Waals surface area contributed by atoms with Crippen molar-refractivity contribution in [2.45, 2.75) is 38.2 Å². The van der Waals surface area contributed by atoms with Gasteiger partial charge in [0.1, 0.15) is 11.4 Å². The summed E-state index contributed by atoms with van der Waals surface area (Å²) in [5.74, 6) is 0.976. The van der Waals surface area contributed by atoms with E-state index in [0.717, 1.165) is 54.7 Å². The third-order valence-electron chi connectivity index (χ3n) is 4.49. The second-order valence-corrected chi connectivity index (χ2v) is 6.73. The third-order valence-corrected chi connectivity index (χ3v) is 4.98. The van der Waals surface area contributed by atoms with E-state index in [0.29, 0.717) is 6.42 Å². The zero-order chi connectivity index (χ0) is 14.2. The van der Waals surface area contributed by atoms with Crippen LogP contribution in [0.15, 0.2) is 22.7 Å². The first kappa shape index (κ1) is 14.1. The van der Waals surface area contributed by atoms with Gasteiger partial charge in [0.15, 0.2) is 5.78 Å². The molecule has 0 bridgehead atoms. The van der Waals surface area contributed by atoms with Crippen molar-refractivity contribution in [1.29, 1.82) is 0 Å². The molecule has 108 valence electrons. The molecule has 4 heteroatoms. The van der Waals surface area contributed by atoms with Gasteiger partial charge in [0.2, 0.25) is 0 Å². The fraction of sp³-hybridized carbons (Fsp3) is 0.562. The van der Waals surface area contributed by atoms with Gasteiger partial charge in [-0.3, -0.25) is 4.79 Å². The van der Waals surface area contributed by atoms with Gasteiger partial charge in [-0.25, -0.2) is 0 Å². The quantitative estimate of drug-likeness (QED) is 0.783. The van der Waals surface area contributed by atoms with Crippen molar-refractivity contribution >= 4 is 21.7 Å². The first-order valence-corrected chi connectivity index (χ1v) is 8.15. The van der Waals surface area contributed by atoms with Gasteiger partial charge in [0.25, 0.3) is 0 Å². The van der Waals surface area contributed by atoms with E-state index in [9.17, 15) is 4.79 Å². The average molecular weight is 338 g/mol. The Labute approximate surface area is 128 Å². The predicted molar refractivity (Wildman–Crippen MR) is 82.4 cm³/mol. The van der Waals surface area contributed by atoms with Gasteiger partial charge in [-0.1, -0.05) is 22.9 Å². The van der Waals surface area contributed by atoms with E-state index in [1.807, 2.05) is 18.2 Å². The maximum Gasteiger partial charge on any atom is 0.170 e. The summed E-state index contributed by atoms with van der Waals surface area (Å²) in [6.07, 6.45) is 3.55. The molecule has 0 amide bonds. The second-order valence-electron chi connectivity index (χ2n) is 5.81. The molecule has 3 nitrogen and oxygen atoms in total. The molecule has 1 saturated heterocycles. The molecular formula is C16H20BrNO2. The fourth-order valence-electron chi connectivity index (χ4n) is 3.29. The number of ketones is 1. The van der Waals surface area contributed by atoms with Crippen molar-refractivity contribution in [3.63, 3.8) is 0 Å². The van der Waals surface area contributed by atoms with E-state index >= 15 is 0 Å². The van der Waals surface area contributed by atoms with Crippen LogP contribution in [0.4, 0.5) is 0 Å². The Morgan fingerprint density at radius 1 is 1.35 bits per heavy atom. The minimum atomic E-state index is -0.283. The topological polar surface area (TPSA) is 29.5 Å². The predicted octanol–water partition coefficient (Wildman–Crippen LogP) is 3.66. The molecule has 20 heavy (non-hydrogen) atoms. The number of hydrogen-bond donors (Lipinski definition) is 0. The normalized spacial score (nSPS) is 27.0. The summed E-state index contributed by atoms with van der Waals surface area (Å²) in [5.41, 5.74) is 0.449. The molecule has 0 N–H and O–H groups in total. The number of nitrogens with zero attached hydrogens (tertiary/aromatic N) is 1. The average Bonchev–Trinajstić information content (AvgIpc) is 2.60. The van der Waals surface area contributed by atoms with Crippen LogP contribution in [0.3, 0.4) is 0 Å². The number of Topliss-reactive ketones (excluding diaryl/α,β-unsaturated/α-hetero) is 1. The van der Waals surface area contributed by atoms with E-state index in [1.54, 1.807) is 0 Å². The number of benzene rings is 1. The number of likely N-dealkylation sites (tertiary alicyclic amines) is 1. The van der Waals surface area contributed by atoms with Crippen LogP contribution in [0.2, 0.25) is 0 Å². The second kappa shape index (κ2) is 5.49. The number of carbonyl (C=O) groups excluding carboxylic acids is 1. The number of fused-ring (bicyclic) bond motifs is 1. The molecule has 1 aromatic rings. The van der Waals surface area contributed by atoms with E-state index < -0.39 is 0 Å². The first-order valence-electron chi connectivity index (χ1n) is 7.36. The number of rotatable bonds is 1. The summed E-state index contributed by atoms with van der Waals surface area (Å²) in [7, 11) is 0. The molecular weight excluding hydrogens is 318 g/mol. The Morgan fingerprint density at radius 2 is 2.20 bits per heavy atom. The van der Waals surface area contributed by atoms with Gasteiger partial charge >= 0.3 is 0 Å². The summed E-state index contributed by atoms with van der Waals surface area (Å²) >= 11 is 3.46. The van der Waals surface area contributed by atoms with Crippen LogP contribution in [-0.2, 0) is 0 Å². The van der Waals surface area contributed by atoms with Gasteiger partial charge < -0.3 is 9.64 Å². The van der Waals surface area contributed by atoms with Crippen molar-refractivity contribution in [1.82, 2.24) is 4.90 Å². The van der Waals surface area contributed by atoms with Crippen molar-refractivity contribution in [3.8, 4) is 5.75 Å². The third kappa shape index (κ3) is 2.63. The maximum atomic E-state index is 12.4. The molecule has 2 aliphatic rings. The maximum absolute atomic E-state index is 12.4. The lowest BCUT2D eigenvalue weighted by Gasteiger charge is -2.37. The zero-order valence-corrected chi connectivity index (χ0v) is 13.4. The molecule has 1 spiro atoms.